The third-order valence-corrected chi connectivity index (χ3v) is 5.39. The van der Waals surface area contributed by atoms with E-state index in [9.17, 15) is 9.90 Å². The number of nitrogens with zero attached hydrogens (tertiary/aromatic N) is 2. The second-order valence-electron chi connectivity index (χ2n) is 5.42. The fraction of sp³-hybridized carbons (Fsp3) is 0.438. The van der Waals surface area contributed by atoms with Crippen LogP contribution < -0.4 is 0 Å². The summed E-state index contributed by atoms with van der Waals surface area (Å²) in [6, 6.07) is 7.99. The maximum atomic E-state index is 11.5. The van der Waals surface area contributed by atoms with Crippen LogP contribution in [0.25, 0.3) is 10.1 Å². The summed E-state index contributed by atoms with van der Waals surface area (Å²) in [6.45, 7) is 8.18. The monoisotopic (exact) mass is 304 g/mol. The summed E-state index contributed by atoms with van der Waals surface area (Å²) in [5, 5.41) is 10.6. The number of hydrogen-bond donors (Lipinski definition) is 1. The van der Waals surface area contributed by atoms with Gasteiger partial charge in [-0.1, -0.05) is 25.1 Å². The van der Waals surface area contributed by atoms with E-state index in [2.05, 4.69) is 16.7 Å². The van der Waals surface area contributed by atoms with Crippen molar-refractivity contribution in [2.24, 2.45) is 0 Å². The summed E-state index contributed by atoms with van der Waals surface area (Å²) in [7, 11) is 0. The van der Waals surface area contributed by atoms with Crippen LogP contribution in [0.15, 0.2) is 24.3 Å². The largest absolute Gasteiger partial charge is 0.477 e. The van der Waals surface area contributed by atoms with E-state index in [0.717, 1.165) is 54.9 Å². The standard InChI is InChI=1S/C16H20N2O2S/c1-2-17-7-9-18(10-8-17)11-13-12-5-3-4-6-14(12)21-15(13)16(19)20/h3-6H,2,7-11H2,1H3,(H,19,20). The van der Waals surface area contributed by atoms with Crippen molar-refractivity contribution in [2.75, 3.05) is 32.7 Å². The van der Waals surface area contributed by atoms with Gasteiger partial charge in [0.1, 0.15) is 4.88 Å². The molecule has 2 aromatic rings. The van der Waals surface area contributed by atoms with Gasteiger partial charge >= 0.3 is 5.97 Å². The molecule has 0 amide bonds. The van der Waals surface area contributed by atoms with Gasteiger partial charge in [-0.05, 0) is 23.6 Å². The first-order valence-corrected chi connectivity index (χ1v) is 8.19. The Labute approximate surface area is 128 Å². The molecule has 1 aliphatic rings. The average Bonchev–Trinajstić information content (AvgIpc) is 2.87. The van der Waals surface area contributed by atoms with Gasteiger partial charge in [0.25, 0.3) is 0 Å². The molecule has 1 saturated heterocycles. The molecule has 0 saturated carbocycles. The molecule has 5 heteroatoms. The fourth-order valence-electron chi connectivity index (χ4n) is 2.92. The fourth-order valence-corrected chi connectivity index (χ4v) is 3.97. The van der Waals surface area contributed by atoms with Crippen LogP contribution in [0.4, 0.5) is 0 Å². The highest BCUT2D eigenvalue weighted by atomic mass is 32.1. The predicted molar refractivity (Wildman–Crippen MR) is 86.2 cm³/mol. The molecule has 1 N–H and O–H groups in total. The lowest BCUT2D eigenvalue weighted by molar-refractivity contribution is 0.0699. The van der Waals surface area contributed by atoms with Crippen molar-refractivity contribution < 1.29 is 9.90 Å². The van der Waals surface area contributed by atoms with Crippen molar-refractivity contribution >= 4 is 27.4 Å². The van der Waals surface area contributed by atoms with Gasteiger partial charge in [-0.25, -0.2) is 4.79 Å². The number of carboxylic acids is 1. The van der Waals surface area contributed by atoms with E-state index < -0.39 is 5.97 Å². The Balaban J connectivity index is 1.86. The molecule has 0 atom stereocenters. The van der Waals surface area contributed by atoms with Crippen LogP contribution in [0.5, 0.6) is 0 Å². The third kappa shape index (κ3) is 2.95. The van der Waals surface area contributed by atoms with Crippen molar-refractivity contribution in [2.45, 2.75) is 13.5 Å². The van der Waals surface area contributed by atoms with Crippen molar-refractivity contribution in [1.82, 2.24) is 9.80 Å². The molecule has 0 unspecified atom stereocenters. The Morgan fingerprint density at radius 3 is 2.52 bits per heavy atom. The highest BCUT2D eigenvalue weighted by Gasteiger charge is 2.22. The number of thiophene rings is 1. The van der Waals surface area contributed by atoms with Crippen LogP contribution in [0.1, 0.15) is 22.2 Å². The lowest BCUT2D eigenvalue weighted by Gasteiger charge is -2.34. The van der Waals surface area contributed by atoms with Crippen molar-refractivity contribution in [3.05, 3.63) is 34.7 Å². The number of likely N-dealkylation sites (N-methyl/N-ethyl adjacent to an activating group) is 1. The minimum Gasteiger partial charge on any atom is -0.477 e. The van der Waals surface area contributed by atoms with Crippen molar-refractivity contribution in [3.63, 3.8) is 0 Å². The SMILES string of the molecule is CCN1CCN(Cc2c(C(=O)O)sc3ccccc23)CC1. The minimum atomic E-state index is -0.807. The molecular weight excluding hydrogens is 284 g/mol. The molecule has 1 aliphatic heterocycles. The molecule has 0 radical (unpaired) electrons. The predicted octanol–water partition coefficient (Wildman–Crippen LogP) is 2.74. The summed E-state index contributed by atoms with van der Waals surface area (Å²) in [4.78, 5) is 16.8. The van der Waals surface area contributed by atoms with Gasteiger partial charge in [0.15, 0.2) is 0 Å². The molecule has 2 heterocycles. The van der Waals surface area contributed by atoms with Gasteiger partial charge in [-0.3, -0.25) is 4.90 Å². The lowest BCUT2D eigenvalue weighted by Crippen LogP contribution is -2.45. The molecule has 1 aromatic heterocycles. The first-order valence-electron chi connectivity index (χ1n) is 7.37. The van der Waals surface area contributed by atoms with E-state index in [4.69, 9.17) is 0 Å². The average molecular weight is 304 g/mol. The topological polar surface area (TPSA) is 43.8 Å². The zero-order valence-electron chi connectivity index (χ0n) is 12.2. The molecule has 3 rings (SSSR count). The molecule has 0 aliphatic carbocycles. The maximum Gasteiger partial charge on any atom is 0.346 e. The van der Waals surface area contributed by atoms with Gasteiger partial charge in [0, 0.05) is 37.4 Å². The number of carboxylic acid groups (broad SMARTS) is 1. The number of piperazine rings is 1. The van der Waals surface area contributed by atoms with E-state index in [1.54, 1.807) is 0 Å². The van der Waals surface area contributed by atoms with E-state index >= 15 is 0 Å². The van der Waals surface area contributed by atoms with Crippen LogP contribution in [-0.2, 0) is 6.54 Å². The lowest BCUT2D eigenvalue weighted by atomic mass is 10.1. The number of carbonyl (C=O) groups is 1. The summed E-state index contributed by atoms with van der Waals surface area (Å²) in [5.74, 6) is -0.807. The first kappa shape index (κ1) is 14.5. The molecule has 0 spiro atoms. The Morgan fingerprint density at radius 2 is 1.86 bits per heavy atom. The van der Waals surface area contributed by atoms with Gasteiger partial charge in [0.2, 0.25) is 0 Å². The molecular formula is C16H20N2O2S. The Morgan fingerprint density at radius 1 is 1.19 bits per heavy atom. The van der Waals surface area contributed by atoms with Gasteiger partial charge in [-0.2, -0.15) is 0 Å². The number of hydrogen-bond acceptors (Lipinski definition) is 4. The number of benzene rings is 1. The van der Waals surface area contributed by atoms with E-state index in [0.29, 0.717) is 4.88 Å². The van der Waals surface area contributed by atoms with Crippen LogP contribution in [0.2, 0.25) is 0 Å². The number of rotatable bonds is 4. The highest BCUT2D eigenvalue weighted by molar-refractivity contribution is 7.21. The first-order chi connectivity index (χ1) is 10.2. The Kier molecular flexibility index (Phi) is 4.24. The molecule has 4 nitrogen and oxygen atoms in total. The maximum absolute atomic E-state index is 11.5. The summed E-state index contributed by atoms with van der Waals surface area (Å²) >= 11 is 1.39. The Bertz CT molecular complexity index is 645. The van der Waals surface area contributed by atoms with E-state index in [-0.39, 0.29) is 0 Å². The highest BCUT2D eigenvalue weighted by Crippen LogP contribution is 2.32. The second-order valence-corrected chi connectivity index (χ2v) is 6.47. The minimum absolute atomic E-state index is 0.495. The van der Waals surface area contributed by atoms with Crippen LogP contribution in [0.3, 0.4) is 0 Å². The van der Waals surface area contributed by atoms with Gasteiger partial charge in [0.05, 0.1) is 0 Å². The quantitative estimate of drug-likeness (QED) is 0.943. The molecule has 112 valence electrons. The van der Waals surface area contributed by atoms with E-state index in [1.807, 2.05) is 24.3 Å². The third-order valence-electron chi connectivity index (χ3n) is 4.19. The zero-order valence-corrected chi connectivity index (χ0v) is 13.0. The summed E-state index contributed by atoms with van der Waals surface area (Å²) < 4.78 is 1.07. The molecule has 0 bridgehead atoms. The van der Waals surface area contributed by atoms with Crippen molar-refractivity contribution in [3.8, 4) is 0 Å². The smallest absolute Gasteiger partial charge is 0.346 e. The summed E-state index contributed by atoms with van der Waals surface area (Å²) in [6.07, 6.45) is 0. The van der Waals surface area contributed by atoms with Crippen LogP contribution in [-0.4, -0.2) is 53.6 Å². The van der Waals surface area contributed by atoms with Crippen molar-refractivity contribution in [1.29, 1.82) is 0 Å². The Hall–Kier alpha value is -1.43. The van der Waals surface area contributed by atoms with Crippen LogP contribution >= 0.6 is 11.3 Å². The normalized spacial score (nSPS) is 17.4. The zero-order chi connectivity index (χ0) is 14.8. The second kappa shape index (κ2) is 6.13. The summed E-state index contributed by atoms with van der Waals surface area (Å²) in [5.41, 5.74) is 0.980. The number of fused-ring (bicyclic) bond motifs is 1. The van der Waals surface area contributed by atoms with E-state index in [1.165, 1.54) is 11.3 Å². The molecule has 21 heavy (non-hydrogen) atoms. The van der Waals surface area contributed by atoms with Crippen LogP contribution in [0, 0.1) is 0 Å². The van der Waals surface area contributed by atoms with Gasteiger partial charge in [-0.15, -0.1) is 11.3 Å². The number of aromatic carboxylic acids is 1. The molecule has 1 aromatic carbocycles. The molecule has 1 fully saturated rings. The van der Waals surface area contributed by atoms with Gasteiger partial charge < -0.3 is 10.0 Å².